The van der Waals surface area contributed by atoms with Crippen LogP contribution in [0.5, 0.6) is 0 Å². The molecule has 162 valence electrons. The van der Waals surface area contributed by atoms with Crippen LogP contribution >= 0.6 is 0 Å². The maximum atomic E-state index is 11.8. The SMILES string of the molecule is CCOC(=O)c1ccc(/C=C/c2ccc3c(c2)C(c2ccc(C)cc2)=CCC3(C)C)cc1. The second kappa shape index (κ2) is 9.00. The fourth-order valence-corrected chi connectivity index (χ4v) is 4.20. The van der Waals surface area contributed by atoms with E-state index < -0.39 is 0 Å². The van der Waals surface area contributed by atoms with Crippen LogP contribution in [0, 0.1) is 6.92 Å². The van der Waals surface area contributed by atoms with Gasteiger partial charge < -0.3 is 4.74 Å². The van der Waals surface area contributed by atoms with Crippen LogP contribution in [-0.2, 0) is 10.2 Å². The fourth-order valence-electron chi connectivity index (χ4n) is 4.20. The minimum atomic E-state index is -0.282. The van der Waals surface area contributed by atoms with E-state index in [1.54, 1.807) is 0 Å². The van der Waals surface area contributed by atoms with Crippen LogP contribution < -0.4 is 0 Å². The molecule has 0 aromatic heterocycles. The number of rotatable bonds is 5. The zero-order chi connectivity index (χ0) is 22.7. The molecule has 0 radical (unpaired) electrons. The van der Waals surface area contributed by atoms with Gasteiger partial charge in [-0.05, 0) is 77.3 Å². The smallest absolute Gasteiger partial charge is 0.338 e. The molecule has 0 saturated heterocycles. The summed E-state index contributed by atoms with van der Waals surface area (Å²) in [5.74, 6) is -0.282. The molecule has 0 unspecified atom stereocenters. The number of carbonyl (C=O) groups excluding carboxylic acids is 1. The van der Waals surface area contributed by atoms with E-state index in [0.717, 1.165) is 17.5 Å². The Bertz CT molecular complexity index is 1180. The minimum absolute atomic E-state index is 0.120. The van der Waals surface area contributed by atoms with Gasteiger partial charge in [0.1, 0.15) is 0 Å². The van der Waals surface area contributed by atoms with Crippen molar-refractivity contribution in [3.8, 4) is 0 Å². The Hall–Kier alpha value is -3.39. The largest absolute Gasteiger partial charge is 0.462 e. The molecule has 2 heteroatoms. The van der Waals surface area contributed by atoms with Gasteiger partial charge in [0.2, 0.25) is 0 Å². The van der Waals surface area contributed by atoms with Crippen molar-refractivity contribution in [1.82, 2.24) is 0 Å². The first kappa shape index (κ1) is 21.8. The molecule has 32 heavy (non-hydrogen) atoms. The van der Waals surface area contributed by atoms with Crippen molar-refractivity contribution in [1.29, 1.82) is 0 Å². The van der Waals surface area contributed by atoms with Gasteiger partial charge in [-0.3, -0.25) is 0 Å². The first-order valence-corrected chi connectivity index (χ1v) is 11.2. The Morgan fingerprint density at radius 1 is 0.938 bits per heavy atom. The molecule has 1 aliphatic rings. The number of benzene rings is 3. The van der Waals surface area contributed by atoms with E-state index in [1.165, 1.54) is 27.8 Å². The summed E-state index contributed by atoms with van der Waals surface area (Å²) in [6.07, 6.45) is 7.63. The van der Waals surface area contributed by atoms with Crippen LogP contribution in [0.25, 0.3) is 17.7 Å². The predicted octanol–water partition coefficient (Wildman–Crippen LogP) is 7.46. The second-order valence-electron chi connectivity index (χ2n) is 9.05. The summed E-state index contributed by atoms with van der Waals surface area (Å²) in [5, 5.41) is 0. The van der Waals surface area contributed by atoms with Crippen molar-refractivity contribution in [3.63, 3.8) is 0 Å². The summed E-state index contributed by atoms with van der Waals surface area (Å²) in [6.45, 7) is 8.95. The number of carbonyl (C=O) groups is 1. The van der Waals surface area contributed by atoms with Crippen molar-refractivity contribution >= 4 is 23.7 Å². The topological polar surface area (TPSA) is 26.3 Å². The van der Waals surface area contributed by atoms with Gasteiger partial charge >= 0.3 is 5.97 Å². The molecule has 2 nitrogen and oxygen atoms in total. The van der Waals surface area contributed by atoms with Crippen LogP contribution in [-0.4, -0.2) is 12.6 Å². The molecule has 3 aromatic carbocycles. The molecule has 0 fully saturated rings. The van der Waals surface area contributed by atoms with Crippen molar-refractivity contribution in [2.24, 2.45) is 0 Å². The van der Waals surface area contributed by atoms with Gasteiger partial charge in [-0.25, -0.2) is 4.79 Å². The molecule has 0 heterocycles. The Morgan fingerprint density at radius 3 is 2.28 bits per heavy atom. The van der Waals surface area contributed by atoms with Crippen LogP contribution in [0.15, 0.2) is 72.8 Å². The van der Waals surface area contributed by atoms with E-state index in [-0.39, 0.29) is 11.4 Å². The standard InChI is InChI=1S/C30H30O2/c1-5-32-29(31)25-15-10-22(11-16-25)8-9-23-12-17-28-27(20-23)26(18-19-30(28,3)4)24-13-6-21(2)7-14-24/h6-18,20H,5,19H2,1-4H3/b9-8+. The van der Waals surface area contributed by atoms with Crippen LogP contribution in [0.3, 0.4) is 0 Å². The van der Waals surface area contributed by atoms with Gasteiger partial charge in [0.05, 0.1) is 12.2 Å². The summed E-state index contributed by atoms with van der Waals surface area (Å²) >= 11 is 0. The Balaban J connectivity index is 1.63. The first-order valence-electron chi connectivity index (χ1n) is 11.2. The first-order chi connectivity index (χ1) is 15.4. The molecular weight excluding hydrogens is 392 g/mol. The van der Waals surface area contributed by atoms with E-state index in [4.69, 9.17) is 4.74 Å². The number of allylic oxidation sites excluding steroid dienone is 1. The molecule has 0 spiro atoms. The van der Waals surface area contributed by atoms with E-state index in [1.807, 2.05) is 31.2 Å². The Morgan fingerprint density at radius 2 is 1.59 bits per heavy atom. The molecule has 0 amide bonds. The lowest BCUT2D eigenvalue weighted by Crippen LogP contribution is -2.21. The highest BCUT2D eigenvalue weighted by Gasteiger charge is 2.28. The highest BCUT2D eigenvalue weighted by Crippen LogP contribution is 2.41. The molecular formula is C30H30O2. The van der Waals surface area contributed by atoms with E-state index in [2.05, 4.69) is 81.5 Å². The number of hydrogen-bond acceptors (Lipinski definition) is 2. The van der Waals surface area contributed by atoms with Gasteiger partial charge in [0, 0.05) is 0 Å². The number of ether oxygens (including phenoxy) is 1. The van der Waals surface area contributed by atoms with Gasteiger partial charge in [0.25, 0.3) is 0 Å². The lowest BCUT2D eigenvalue weighted by Gasteiger charge is -2.32. The molecule has 0 N–H and O–H groups in total. The lowest BCUT2D eigenvalue weighted by molar-refractivity contribution is 0.0526. The zero-order valence-electron chi connectivity index (χ0n) is 19.3. The highest BCUT2D eigenvalue weighted by atomic mass is 16.5. The van der Waals surface area contributed by atoms with E-state index in [9.17, 15) is 4.79 Å². The zero-order valence-corrected chi connectivity index (χ0v) is 19.3. The van der Waals surface area contributed by atoms with Crippen molar-refractivity contribution in [2.45, 2.75) is 39.5 Å². The monoisotopic (exact) mass is 422 g/mol. The molecule has 4 rings (SSSR count). The summed E-state index contributed by atoms with van der Waals surface area (Å²) in [4.78, 5) is 11.8. The lowest BCUT2D eigenvalue weighted by atomic mass is 9.72. The summed E-state index contributed by atoms with van der Waals surface area (Å²) < 4.78 is 5.06. The van der Waals surface area contributed by atoms with Gasteiger partial charge in [-0.1, -0.05) is 86.2 Å². The number of aryl methyl sites for hydroxylation is 1. The molecule has 1 aliphatic carbocycles. The van der Waals surface area contributed by atoms with Crippen LogP contribution in [0.4, 0.5) is 0 Å². The third-order valence-electron chi connectivity index (χ3n) is 6.13. The van der Waals surface area contributed by atoms with Gasteiger partial charge in [-0.15, -0.1) is 0 Å². The quantitative estimate of drug-likeness (QED) is 0.315. The predicted molar refractivity (Wildman–Crippen MR) is 134 cm³/mol. The maximum absolute atomic E-state index is 11.8. The van der Waals surface area contributed by atoms with Crippen LogP contribution in [0.2, 0.25) is 0 Å². The van der Waals surface area contributed by atoms with Crippen molar-refractivity contribution in [2.75, 3.05) is 6.61 Å². The second-order valence-corrected chi connectivity index (χ2v) is 9.05. The highest BCUT2D eigenvalue weighted by molar-refractivity contribution is 5.90. The van der Waals surface area contributed by atoms with E-state index in [0.29, 0.717) is 12.2 Å². The van der Waals surface area contributed by atoms with Crippen molar-refractivity contribution < 1.29 is 9.53 Å². The Kier molecular flexibility index (Phi) is 6.14. The summed E-state index contributed by atoms with van der Waals surface area (Å²) in [7, 11) is 0. The number of fused-ring (bicyclic) bond motifs is 1. The summed E-state index contributed by atoms with van der Waals surface area (Å²) in [6, 6.07) is 23.1. The van der Waals surface area contributed by atoms with Gasteiger partial charge in [0.15, 0.2) is 0 Å². The normalized spacial score (nSPS) is 14.7. The molecule has 0 bridgehead atoms. The van der Waals surface area contributed by atoms with Crippen molar-refractivity contribution in [3.05, 3.63) is 112 Å². The molecule has 0 atom stereocenters. The Labute approximate surface area is 191 Å². The third kappa shape index (κ3) is 4.60. The number of hydrogen-bond donors (Lipinski definition) is 0. The average Bonchev–Trinajstić information content (AvgIpc) is 2.79. The molecule has 0 saturated carbocycles. The molecule has 3 aromatic rings. The number of esters is 1. The fraction of sp³-hybridized carbons (Fsp3) is 0.233. The van der Waals surface area contributed by atoms with E-state index >= 15 is 0 Å². The third-order valence-corrected chi connectivity index (χ3v) is 6.13. The summed E-state index contributed by atoms with van der Waals surface area (Å²) in [5.41, 5.74) is 9.46. The average molecular weight is 423 g/mol. The minimum Gasteiger partial charge on any atom is -0.462 e. The molecule has 0 aliphatic heterocycles. The maximum Gasteiger partial charge on any atom is 0.338 e. The van der Waals surface area contributed by atoms with Gasteiger partial charge in [-0.2, -0.15) is 0 Å². The van der Waals surface area contributed by atoms with Crippen LogP contribution in [0.1, 0.15) is 70.9 Å².